The lowest BCUT2D eigenvalue weighted by Gasteiger charge is -2.10. The first-order chi connectivity index (χ1) is 9.62. The highest BCUT2D eigenvalue weighted by Crippen LogP contribution is 2.42. The summed E-state index contributed by atoms with van der Waals surface area (Å²) in [5.41, 5.74) is 0. The molecule has 0 saturated heterocycles. The molecule has 0 radical (unpaired) electrons. The lowest BCUT2D eigenvalue weighted by atomic mass is 10.1. The van der Waals surface area contributed by atoms with E-state index in [9.17, 15) is 9.46 Å². The summed E-state index contributed by atoms with van der Waals surface area (Å²) < 4.78 is 16.6. The van der Waals surface area contributed by atoms with Crippen LogP contribution in [0.4, 0.5) is 0 Å². The van der Waals surface area contributed by atoms with Crippen molar-refractivity contribution >= 4 is 7.60 Å². The number of rotatable bonds is 14. The maximum atomic E-state index is 11.6. The summed E-state index contributed by atoms with van der Waals surface area (Å²) in [5, 5.41) is 0. The Morgan fingerprint density at radius 1 is 0.950 bits per heavy atom. The van der Waals surface area contributed by atoms with Gasteiger partial charge in [0.15, 0.2) is 0 Å². The highest BCUT2D eigenvalue weighted by Gasteiger charge is 2.17. The molecule has 0 spiro atoms. The van der Waals surface area contributed by atoms with Crippen LogP contribution in [0.5, 0.6) is 0 Å². The minimum Gasteiger partial charge on any atom is -0.324 e. The standard InChI is InChI=1S/C16H33O3P/c1-3-5-7-8-9-10-11-12-13-14-16-20(17,18)19-15-6-4-2/h4,6H,3,5,7-16H2,1-2H3,(H,17,18). The van der Waals surface area contributed by atoms with Crippen LogP contribution in [0.2, 0.25) is 0 Å². The fraction of sp³-hybridized carbons (Fsp3) is 0.875. The summed E-state index contributed by atoms with van der Waals surface area (Å²) in [6.07, 6.45) is 16.1. The summed E-state index contributed by atoms with van der Waals surface area (Å²) in [4.78, 5) is 9.56. The first-order valence-corrected chi connectivity index (χ1v) is 9.96. The Hall–Kier alpha value is -0.110. The van der Waals surface area contributed by atoms with E-state index >= 15 is 0 Å². The molecule has 0 aliphatic heterocycles. The fourth-order valence-corrected chi connectivity index (χ4v) is 3.19. The van der Waals surface area contributed by atoms with E-state index < -0.39 is 7.60 Å². The van der Waals surface area contributed by atoms with Crippen molar-refractivity contribution in [2.45, 2.75) is 78.1 Å². The third-order valence-corrected chi connectivity index (χ3v) is 4.84. The molecule has 1 unspecified atom stereocenters. The van der Waals surface area contributed by atoms with Crippen LogP contribution in [0.15, 0.2) is 12.2 Å². The van der Waals surface area contributed by atoms with Gasteiger partial charge in [-0.3, -0.25) is 4.57 Å². The first kappa shape index (κ1) is 19.9. The summed E-state index contributed by atoms with van der Waals surface area (Å²) in [7, 11) is -3.35. The third kappa shape index (κ3) is 14.3. The average molecular weight is 304 g/mol. The van der Waals surface area contributed by atoms with E-state index in [4.69, 9.17) is 4.52 Å². The molecular weight excluding hydrogens is 271 g/mol. The smallest absolute Gasteiger partial charge is 0.324 e. The molecule has 0 aliphatic carbocycles. The molecule has 1 N–H and O–H groups in total. The Morgan fingerprint density at radius 3 is 1.95 bits per heavy atom. The van der Waals surface area contributed by atoms with Gasteiger partial charge < -0.3 is 9.42 Å². The van der Waals surface area contributed by atoms with E-state index in [0.717, 1.165) is 12.8 Å². The zero-order valence-electron chi connectivity index (χ0n) is 13.4. The molecule has 20 heavy (non-hydrogen) atoms. The van der Waals surface area contributed by atoms with Crippen molar-refractivity contribution in [3.05, 3.63) is 12.2 Å². The average Bonchev–Trinajstić information content (AvgIpc) is 2.41. The van der Waals surface area contributed by atoms with Gasteiger partial charge in [-0.05, 0) is 13.3 Å². The zero-order valence-corrected chi connectivity index (χ0v) is 14.2. The second kappa shape index (κ2) is 13.9. The molecule has 0 bridgehead atoms. The maximum Gasteiger partial charge on any atom is 0.328 e. The molecule has 1 atom stereocenters. The van der Waals surface area contributed by atoms with Gasteiger partial charge in [-0.1, -0.05) is 76.9 Å². The monoisotopic (exact) mass is 304 g/mol. The van der Waals surface area contributed by atoms with E-state index in [1.54, 1.807) is 6.08 Å². The van der Waals surface area contributed by atoms with Crippen LogP contribution < -0.4 is 0 Å². The minimum absolute atomic E-state index is 0.238. The quantitative estimate of drug-likeness (QED) is 0.255. The van der Waals surface area contributed by atoms with Gasteiger partial charge in [-0.15, -0.1) is 0 Å². The highest BCUT2D eigenvalue weighted by atomic mass is 31.2. The molecule has 3 nitrogen and oxygen atoms in total. The van der Waals surface area contributed by atoms with Crippen LogP contribution in [-0.4, -0.2) is 17.7 Å². The van der Waals surface area contributed by atoms with E-state index in [0.29, 0.717) is 6.16 Å². The molecule has 0 aliphatic rings. The van der Waals surface area contributed by atoms with Crippen LogP contribution in [0, 0.1) is 0 Å². The SMILES string of the molecule is CC=CCOP(=O)(O)CCCCCCCCCCCC. The number of hydrogen-bond acceptors (Lipinski definition) is 2. The highest BCUT2D eigenvalue weighted by molar-refractivity contribution is 7.52. The molecule has 0 aromatic heterocycles. The zero-order chi connectivity index (χ0) is 15.1. The van der Waals surface area contributed by atoms with Gasteiger partial charge in [-0.25, -0.2) is 0 Å². The first-order valence-electron chi connectivity index (χ1n) is 8.20. The van der Waals surface area contributed by atoms with E-state index in [1.807, 2.05) is 13.0 Å². The van der Waals surface area contributed by atoms with Crippen molar-refractivity contribution in [1.29, 1.82) is 0 Å². The Morgan fingerprint density at radius 2 is 1.45 bits per heavy atom. The predicted octanol–water partition coefficient (Wildman–Crippen LogP) is 5.69. The topological polar surface area (TPSA) is 46.5 Å². The summed E-state index contributed by atoms with van der Waals surface area (Å²) >= 11 is 0. The Labute approximate surface area is 125 Å². The molecule has 0 rings (SSSR count). The molecule has 0 saturated carbocycles. The van der Waals surface area contributed by atoms with E-state index in [-0.39, 0.29) is 6.61 Å². The van der Waals surface area contributed by atoms with Gasteiger partial charge in [0, 0.05) is 6.16 Å². The van der Waals surface area contributed by atoms with Gasteiger partial charge >= 0.3 is 7.60 Å². The second-order valence-electron chi connectivity index (χ2n) is 5.41. The van der Waals surface area contributed by atoms with Crippen molar-refractivity contribution in [3.63, 3.8) is 0 Å². The van der Waals surface area contributed by atoms with Crippen molar-refractivity contribution < 1.29 is 14.0 Å². The van der Waals surface area contributed by atoms with E-state index in [1.165, 1.54) is 51.4 Å². The van der Waals surface area contributed by atoms with Gasteiger partial charge in [0.25, 0.3) is 0 Å². The van der Waals surface area contributed by atoms with E-state index in [2.05, 4.69) is 6.92 Å². The van der Waals surface area contributed by atoms with Crippen molar-refractivity contribution in [3.8, 4) is 0 Å². The van der Waals surface area contributed by atoms with Crippen LogP contribution in [0.1, 0.15) is 78.1 Å². The predicted molar refractivity (Wildman–Crippen MR) is 87.3 cm³/mol. The number of hydrogen-bond donors (Lipinski definition) is 1. The molecule has 0 heterocycles. The van der Waals surface area contributed by atoms with Crippen LogP contribution in [0.3, 0.4) is 0 Å². The molecule has 4 heteroatoms. The van der Waals surface area contributed by atoms with Gasteiger partial charge in [0.1, 0.15) is 0 Å². The Balaban J connectivity index is 3.32. The molecule has 0 aromatic carbocycles. The molecule has 120 valence electrons. The normalized spacial score (nSPS) is 14.8. The van der Waals surface area contributed by atoms with Crippen molar-refractivity contribution in [1.82, 2.24) is 0 Å². The van der Waals surface area contributed by atoms with Crippen molar-refractivity contribution in [2.75, 3.05) is 12.8 Å². The fourth-order valence-electron chi connectivity index (χ4n) is 2.12. The number of allylic oxidation sites excluding steroid dienone is 1. The molecule has 0 amide bonds. The molecule has 0 fully saturated rings. The lowest BCUT2D eigenvalue weighted by Crippen LogP contribution is -1.95. The summed E-state index contributed by atoms with van der Waals surface area (Å²) in [6.45, 7) is 4.35. The molecule has 0 aromatic rings. The second-order valence-corrected chi connectivity index (χ2v) is 7.39. The van der Waals surface area contributed by atoms with Crippen LogP contribution in [-0.2, 0) is 9.09 Å². The van der Waals surface area contributed by atoms with Crippen molar-refractivity contribution in [2.24, 2.45) is 0 Å². The van der Waals surface area contributed by atoms with Gasteiger partial charge in [0.2, 0.25) is 0 Å². The summed E-state index contributed by atoms with van der Waals surface area (Å²) in [6, 6.07) is 0. The maximum absolute atomic E-state index is 11.6. The largest absolute Gasteiger partial charge is 0.328 e. The van der Waals surface area contributed by atoms with Crippen LogP contribution in [0.25, 0.3) is 0 Å². The third-order valence-electron chi connectivity index (χ3n) is 3.40. The lowest BCUT2D eigenvalue weighted by molar-refractivity contribution is 0.286. The Kier molecular flexibility index (Phi) is 13.8. The number of unbranched alkanes of at least 4 members (excludes halogenated alkanes) is 9. The minimum atomic E-state index is -3.35. The Bertz CT molecular complexity index is 277. The van der Waals surface area contributed by atoms with Gasteiger partial charge in [0.05, 0.1) is 6.61 Å². The molecular formula is C16H33O3P. The van der Waals surface area contributed by atoms with Gasteiger partial charge in [-0.2, -0.15) is 0 Å². The van der Waals surface area contributed by atoms with Crippen LogP contribution >= 0.6 is 7.60 Å². The summed E-state index contributed by atoms with van der Waals surface area (Å²) in [5.74, 6) is 0.